The monoisotopic (exact) mass is 1520 g/mol. The number of nitrogens with two attached hydrogens (primary N) is 6. The molecule has 3 amide bonds. The van der Waals surface area contributed by atoms with Crippen LogP contribution in [0.5, 0.6) is 0 Å². The number of aliphatic hydroxyl groups is 6. The second-order valence-electron chi connectivity index (χ2n) is 23.1. The molecule has 40 nitrogen and oxygen atoms in total. The molecule has 104 heavy (non-hydrogen) atoms. The molecule has 45 heteroatoms. The van der Waals surface area contributed by atoms with Crippen molar-refractivity contribution in [2.45, 2.75) is 73.6 Å². The van der Waals surface area contributed by atoms with Crippen LogP contribution in [0.25, 0.3) is 44.9 Å². The van der Waals surface area contributed by atoms with Crippen molar-refractivity contribution in [3.05, 3.63) is 162 Å². The normalized spacial score (nSPS) is 22.5. The van der Waals surface area contributed by atoms with Gasteiger partial charge in [0.2, 0.25) is 0 Å². The average Bonchev–Trinajstić information content (AvgIpc) is 1.63. The molecule has 13 rings (SSSR count). The molecule has 9 heterocycles. The van der Waals surface area contributed by atoms with Crippen molar-refractivity contribution in [3.63, 3.8) is 0 Å². The van der Waals surface area contributed by atoms with Gasteiger partial charge in [-0.25, -0.2) is 53.4 Å². The number of imidazole rings is 3. The molecule has 0 aliphatic carbocycles. The van der Waals surface area contributed by atoms with Gasteiger partial charge in [-0.3, -0.25) is 28.1 Å². The maximum atomic E-state index is 13.9. The summed E-state index contributed by atoms with van der Waals surface area (Å²) in [5.74, 6) is -3.81. The number of aliphatic hydroxyl groups excluding tert-OH is 6. The SMILES string of the molecule is Nc1cccc(Cl)c1C(=O)NS(=O)(=O)NC[C@H]1O[C@@H](n2cnc3c(N)ccnc32)[C@H](O)[C@@H]1O.Nc1cccc(F)c1C(=O)NS(=O)(=O)NC[C@H]1O[C@@H](n2cnc3c(N)ccnc32)[C@H](O)[C@@H]1O.Nc1ccccc1C(=O)NS(=O)(=O)NC[C@H]1O[C@@H](n2cnc3c(N)nc(-c4ccccc4)nc32)[C@H](O)[C@@H]1O. The Morgan fingerprint density at radius 1 is 0.452 bits per heavy atom. The summed E-state index contributed by atoms with van der Waals surface area (Å²) in [5, 5.41) is 62.9. The molecule has 0 radical (unpaired) electrons. The second-order valence-corrected chi connectivity index (χ2v) is 28.0. The first-order valence-electron chi connectivity index (χ1n) is 30.4. The van der Waals surface area contributed by atoms with Gasteiger partial charge in [-0.1, -0.05) is 66.2 Å². The van der Waals surface area contributed by atoms with E-state index in [0.717, 1.165) is 6.07 Å². The maximum Gasteiger partial charge on any atom is 0.301 e. The van der Waals surface area contributed by atoms with Crippen molar-refractivity contribution in [1.82, 2.24) is 76.9 Å². The third kappa shape index (κ3) is 16.0. The molecule has 10 aromatic rings. The van der Waals surface area contributed by atoms with Crippen molar-refractivity contribution < 1.29 is 88.9 Å². The number of nitrogen functional groups attached to an aromatic ring is 6. The number of benzene rings is 4. The molecule has 0 spiro atoms. The Bertz CT molecular complexity index is 5010. The molecule has 4 aromatic carbocycles. The Hall–Kier alpha value is -10.5. The van der Waals surface area contributed by atoms with Gasteiger partial charge < -0.3 is 79.3 Å². The molecule has 3 saturated heterocycles. The predicted octanol–water partition coefficient (Wildman–Crippen LogP) is -2.71. The lowest BCUT2D eigenvalue weighted by Crippen LogP contribution is -2.46. The van der Waals surface area contributed by atoms with E-state index in [2.05, 4.69) is 44.3 Å². The summed E-state index contributed by atoms with van der Waals surface area (Å²) in [6.45, 7) is -1.44. The zero-order chi connectivity index (χ0) is 74.9. The third-order valence-corrected chi connectivity index (χ3v) is 19.5. The van der Waals surface area contributed by atoms with Gasteiger partial charge in [0.15, 0.2) is 47.3 Å². The summed E-state index contributed by atoms with van der Waals surface area (Å²) in [4.78, 5) is 66.4. The highest BCUT2D eigenvalue weighted by Gasteiger charge is 2.48. The first kappa shape index (κ1) is 74.7. The first-order valence-corrected chi connectivity index (χ1v) is 35.3. The van der Waals surface area contributed by atoms with Gasteiger partial charge in [0.05, 0.1) is 52.1 Å². The molecule has 550 valence electrons. The smallest absolute Gasteiger partial charge is 0.301 e. The number of carbonyl (C=O) groups excluding carboxylic acids is 3. The minimum Gasteiger partial charge on any atom is -0.398 e. The average molecular weight is 1520 g/mol. The lowest BCUT2D eigenvalue weighted by Gasteiger charge is -2.17. The molecule has 6 aromatic heterocycles. The van der Waals surface area contributed by atoms with E-state index in [1.807, 2.05) is 27.6 Å². The van der Waals surface area contributed by atoms with Crippen molar-refractivity contribution in [1.29, 1.82) is 0 Å². The number of fused-ring (bicyclic) bond motifs is 3. The lowest BCUT2D eigenvalue weighted by molar-refractivity contribution is -0.0330. The molecule has 3 aliphatic rings. The number of para-hydroxylation sites is 1. The van der Waals surface area contributed by atoms with Crippen LogP contribution in [-0.4, -0.2) is 197 Å². The molecule has 12 atom stereocenters. The fraction of sp³-hybridized carbons (Fsp3) is 0.254. The Morgan fingerprint density at radius 3 is 1.32 bits per heavy atom. The van der Waals surface area contributed by atoms with E-state index in [9.17, 15) is 74.7 Å². The Balaban J connectivity index is 0.000000157. The van der Waals surface area contributed by atoms with Crippen LogP contribution in [0, 0.1) is 5.82 Å². The second kappa shape index (κ2) is 30.4. The van der Waals surface area contributed by atoms with Crippen LogP contribution in [0.4, 0.5) is 38.6 Å². The molecule has 24 N–H and O–H groups in total. The van der Waals surface area contributed by atoms with Gasteiger partial charge in [0, 0.05) is 54.7 Å². The summed E-state index contributed by atoms with van der Waals surface area (Å²) in [6, 6.07) is 25.9. The van der Waals surface area contributed by atoms with Gasteiger partial charge in [-0.15, -0.1) is 0 Å². The number of hydrogen-bond donors (Lipinski definition) is 18. The van der Waals surface area contributed by atoms with Crippen LogP contribution < -0.4 is 62.7 Å². The van der Waals surface area contributed by atoms with E-state index in [4.69, 9.17) is 60.2 Å². The van der Waals surface area contributed by atoms with Gasteiger partial charge >= 0.3 is 30.6 Å². The van der Waals surface area contributed by atoms with E-state index in [0.29, 0.717) is 45.1 Å². The third-order valence-electron chi connectivity index (χ3n) is 16.2. The number of amides is 3. The van der Waals surface area contributed by atoms with E-state index in [1.165, 1.54) is 93.6 Å². The van der Waals surface area contributed by atoms with Crippen molar-refractivity contribution in [2.24, 2.45) is 0 Å². The van der Waals surface area contributed by atoms with E-state index in [1.54, 1.807) is 39.8 Å². The Labute approximate surface area is 591 Å². The number of aromatic nitrogens is 10. The van der Waals surface area contributed by atoms with Crippen LogP contribution in [0.2, 0.25) is 5.02 Å². The number of pyridine rings is 2. The lowest BCUT2D eigenvalue weighted by atomic mass is 10.1. The summed E-state index contributed by atoms with van der Waals surface area (Å²) < 4.78 is 121. The van der Waals surface area contributed by atoms with Gasteiger partial charge in [0.25, 0.3) is 17.7 Å². The minimum atomic E-state index is -4.49. The Kier molecular flexibility index (Phi) is 21.8. The van der Waals surface area contributed by atoms with Crippen LogP contribution in [-0.2, 0) is 44.8 Å². The topological polar surface area (TPSA) is 636 Å². The largest absolute Gasteiger partial charge is 0.398 e. The Morgan fingerprint density at radius 2 is 0.856 bits per heavy atom. The number of hydrogen-bond acceptors (Lipinski definition) is 31. The molecule has 3 fully saturated rings. The molecule has 0 saturated carbocycles. The highest BCUT2D eigenvalue weighted by molar-refractivity contribution is 7.88. The highest BCUT2D eigenvalue weighted by Crippen LogP contribution is 2.36. The number of rotatable bonds is 19. The number of halogens is 2. The zero-order valence-corrected chi connectivity index (χ0v) is 56.5. The quantitative estimate of drug-likeness (QED) is 0.0366. The zero-order valence-electron chi connectivity index (χ0n) is 53.3. The van der Waals surface area contributed by atoms with E-state index in [-0.39, 0.29) is 50.2 Å². The van der Waals surface area contributed by atoms with Crippen molar-refractivity contribution in [3.8, 4) is 11.4 Å². The number of nitrogens with zero attached hydrogens (tertiary/aromatic N) is 10. The van der Waals surface area contributed by atoms with Crippen molar-refractivity contribution >= 4 is 128 Å². The first-order chi connectivity index (χ1) is 49.3. The number of carbonyl (C=O) groups is 3. The van der Waals surface area contributed by atoms with Crippen molar-refractivity contribution in [2.75, 3.05) is 54.0 Å². The van der Waals surface area contributed by atoms with E-state index >= 15 is 0 Å². The van der Waals surface area contributed by atoms with Gasteiger partial charge in [-0.2, -0.15) is 39.4 Å². The van der Waals surface area contributed by atoms with Crippen LogP contribution in [0.1, 0.15) is 49.8 Å². The minimum absolute atomic E-state index is 0.00230. The highest BCUT2D eigenvalue weighted by atomic mass is 35.5. The summed E-state index contributed by atoms with van der Waals surface area (Å²) >= 11 is 5.93. The van der Waals surface area contributed by atoms with E-state index < -0.39 is 153 Å². The fourth-order valence-corrected chi connectivity index (χ4v) is 13.7. The van der Waals surface area contributed by atoms with Crippen LogP contribution in [0.3, 0.4) is 0 Å². The van der Waals surface area contributed by atoms with Gasteiger partial charge in [-0.05, 0) is 48.5 Å². The van der Waals surface area contributed by atoms with Crippen LogP contribution >= 0.6 is 11.6 Å². The van der Waals surface area contributed by atoms with Gasteiger partial charge in [0.1, 0.15) is 77.3 Å². The maximum absolute atomic E-state index is 13.9. The molecular weight excluding hydrogens is 1460 g/mol. The number of nitrogens with one attached hydrogen (secondary N) is 6. The van der Waals surface area contributed by atoms with Crippen LogP contribution in [0.15, 0.2) is 135 Å². The summed E-state index contributed by atoms with van der Waals surface area (Å²) in [7, 11) is -13.2. The summed E-state index contributed by atoms with van der Waals surface area (Å²) in [6.07, 6.45) is -8.80. The molecule has 3 aliphatic heterocycles. The molecule has 0 bridgehead atoms. The fourth-order valence-electron chi connectivity index (χ4n) is 11.0. The predicted molar refractivity (Wildman–Crippen MR) is 368 cm³/mol. The number of ether oxygens (including phenoxy) is 3. The molecular formula is C59H64ClFN22O18S3. The standard InChI is InChI=1S/C23H24N8O6S.C18H20ClN7O6S.C18H20FN7O6S/c24-14-9-5-4-8-13(14)22(34)30-38(35,36)27-10-15-17(32)18(33)23(37-15)31-11-26-16-19(25)28-20(29-21(16)31)12-6-2-1-3-7-12;2*19-8-2-1-3-9(20)12(8)17(29)25-33(30,31)24-6-11-14(27)15(28)18(32-11)26-7-23-13-10(21)4-5-22-16(13)26/h1-9,11,15,17-18,23,27,32-33H,10,24H2,(H,30,34)(H2,25,28,29);2*1-5,7,11,14-15,18,24,27-28H,6,20H2,(H2,21,22)(H,25,29)/t15-,17-,18-,23-;2*11-,14-,15-,18-/m111/s1. The summed E-state index contributed by atoms with van der Waals surface area (Å²) in [5.41, 5.74) is 37.0. The molecule has 0 unspecified atom stereocenters. The number of anilines is 6.